The SMILES string of the molecule is CC1C=Cc2c(c(-c3ccccc3)c3cc(-c4ccc5sc6c(nc7ccccn76)c5c4)ccc3c2-c2ccccc2)C1. The van der Waals surface area contributed by atoms with Gasteiger partial charge in [0.25, 0.3) is 0 Å². The van der Waals surface area contributed by atoms with Crippen LogP contribution in [0.25, 0.3) is 76.3 Å². The van der Waals surface area contributed by atoms with Crippen LogP contribution in [0.5, 0.6) is 0 Å². The zero-order valence-electron chi connectivity index (χ0n) is 23.8. The van der Waals surface area contributed by atoms with Gasteiger partial charge in [-0.3, -0.25) is 4.40 Å². The summed E-state index contributed by atoms with van der Waals surface area (Å²) in [5.41, 5.74) is 12.6. The van der Waals surface area contributed by atoms with E-state index in [1.807, 2.05) is 11.3 Å². The molecular weight excluding hydrogens is 541 g/mol. The monoisotopic (exact) mass is 568 g/mol. The summed E-state index contributed by atoms with van der Waals surface area (Å²) in [6, 6.07) is 42.1. The first kappa shape index (κ1) is 24.6. The molecular formula is C40H28N2S. The number of thiophene rings is 1. The van der Waals surface area contributed by atoms with Crippen LogP contribution < -0.4 is 0 Å². The normalized spacial score (nSPS) is 14.7. The summed E-state index contributed by atoms with van der Waals surface area (Å²) in [7, 11) is 0. The van der Waals surface area contributed by atoms with Crippen molar-refractivity contribution in [3.8, 4) is 33.4 Å². The minimum atomic E-state index is 0.494. The topological polar surface area (TPSA) is 17.3 Å². The Kier molecular flexibility index (Phi) is 5.44. The van der Waals surface area contributed by atoms with Crippen molar-refractivity contribution in [2.75, 3.05) is 0 Å². The number of pyridine rings is 1. The van der Waals surface area contributed by atoms with E-state index in [9.17, 15) is 0 Å². The molecule has 0 spiro atoms. The Morgan fingerprint density at radius 1 is 0.674 bits per heavy atom. The average molecular weight is 569 g/mol. The van der Waals surface area contributed by atoms with Crippen LogP contribution in [0.1, 0.15) is 18.1 Å². The fourth-order valence-electron chi connectivity index (χ4n) is 6.97. The number of benzene rings is 5. The van der Waals surface area contributed by atoms with Gasteiger partial charge in [0, 0.05) is 16.3 Å². The first-order valence-electron chi connectivity index (χ1n) is 14.9. The van der Waals surface area contributed by atoms with Crippen LogP contribution in [-0.4, -0.2) is 9.38 Å². The van der Waals surface area contributed by atoms with Gasteiger partial charge in [-0.15, -0.1) is 11.3 Å². The second-order valence-electron chi connectivity index (χ2n) is 11.7. The minimum absolute atomic E-state index is 0.494. The first-order valence-corrected chi connectivity index (χ1v) is 15.8. The Balaban J connectivity index is 1.34. The van der Waals surface area contributed by atoms with Crippen LogP contribution in [0.2, 0.25) is 0 Å². The smallest absolute Gasteiger partial charge is 0.138 e. The van der Waals surface area contributed by atoms with Crippen LogP contribution >= 0.6 is 11.3 Å². The van der Waals surface area contributed by atoms with Gasteiger partial charge >= 0.3 is 0 Å². The van der Waals surface area contributed by atoms with E-state index in [1.165, 1.54) is 70.2 Å². The van der Waals surface area contributed by atoms with E-state index >= 15 is 0 Å². The van der Waals surface area contributed by atoms with E-state index in [2.05, 4.69) is 145 Å². The number of fused-ring (bicyclic) bond motifs is 7. The molecule has 2 nitrogen and oxygen atoms in total. The number of hydrogen-bond donors (Lipinski definition) is 0. The minimum Gasteiger partial charge on any atom is -0.291 e. The summed E-state index contributed by atoms with van der Waals surface area (Å²) in [5.74, 6) is 0.494. The van der Waals surface area contributed by atoms with E-state index in [4.69, 9.17) is 4.98 Å². The predicted octanol–water partition coefficient (Wildman–Crippen LogP) is 11.1. The lowest BCUT2D eigenvalue weighted by molar-refractivity contribution is 0.719. The fraction of sp³-hybridized carbons (Fsp3) is 0.0750. The Bertz CT molecular complexity index is 2380. The van der Waals surface area contributed by atoms with E-state index < -0.39 is 0 Å². The Morgan fingerprint density at radius 2 is 1.37 bits per heavy atom. The zero-order valence-corrected chi connectivity index (χ0v) is 24.6. The number of rotatable bonds is 3. The molecule has 3 aromatic heterocycles. The van der Waals surface area contributed by atoms with Crippen molar-refractivity contribution in [1.82, 2.24) is 9.38 Å². The number of allylic oxidation sites excluding steroid dienone is 1. The number of hydrogen-bond acceptors (Lipinski definition) is 2. The quantitative estimate of drug-likeness (QED) is 0.207. The molecule has 3 heteroatoms. The largest absolute Gasteiger partial charge is 0.291 e. The number of nitrogens with zero attached hydrogens (tertiary/aromatic N) is 2. The summed E-state index contributed by atoms with van der Waals surface area (Å²) < 4.78 is 3.47. The van der Waals surface area contributed by atoms with Crippen molar-refractivity contribution in [3.63, 3.8) is 0 Å². The highest BCUT2D eigenvalue weighted by molar-refractivity contribution is 7.25. The molecule has 1 unspecified atom stereocenters. The summed E-state index contributed by atoms with van der Waals surface area (Å²) in [6.45, 7) is 2.33. The van der Waals surface area contributed by atoms with Crippen LogP contribution in [0, 0.1) is 5.92 Å². The van der Waals surface area contributed by atoms with Crippen molar-refractivity contribution < 1.29 is 0 Å². The maximum Gasteiger partial charge on any atom is 0.138 e. The van der Waals surface area contributed by atoms with Crippen molar-refractivity contribution >= 4 is 54.3 Å². The van der Waals surface area contributed by atoms with Gasteiger partial charge in [-0.1, -0.05) is 104 Å². The molecule has 0 saturated carbocycles. The van der Waals surface area contributed by atoms with Crippen LogP contribution in [-0.2, 0) is 6.42 Å². The second kappa shape index (κ2) is 9.52. The fourth-order valence-corrected chi connectivity index (χ4v) is 8.09. The molecule has 0 radical (unpaired) electrons. The summed E-state index contributed by atoms with van der Waals surface area (Å²) in [4.78, 5) is 6.21. The first-order chi connectivity index (χ1) is 21.2. The lowest BCUT2D eigenvalue weighted by atomic mass is 9.77. The molecule has 0 amide bonds. The van der Waals surface area contributed by atoms with E-state index in [1.54, 1.807) is 0 Å². The van der Waals surface area contributed by atoms with Gasteiger partial charge in [0.05, 0.1) is 0 Å². The lowest BCUT2D eigenvalue weighted by Gasteiger charge is -2.26. The predicted molar refractivity (Wildman–Crippen MR) is 184 cm³/mol. The third-order valence-electron chi connectivity index (χ3n) is 8.96. The third kappa shape index (κ3) is 3.82. The molecule has 5 aromatic carbocycles. The summed E-state index contributed by atoms with van der Waals surface area (Å²) in [5, 5.41) is 3.83. The van der Waals surface area contributed by atoms with Crippen molar-refractivity contribution in [1.29, 1.82) is 0 Å². The van der Waals surface area contributed by atoms with Gasteiger partial charge in [0.15, 0.2) is 0 Å². The molecule has 1 atom stereocenters. The van der Waals surface area contributed by atoms with Crippen molar-refractivity contribution in [3.05, 3.63) is 139 Å². The average Bonchev–Trinajstić information content (AvgIpc) is 3.60. The molecule has 8 aromatic rings. The molecule has 0 N–H and O–H groups in total. The number of aromatic nitrogens is 2. The van der Waals surface area contributed by atoms with Crippen molar-refractivity contribution in [2.24, 2.45) is 5.92 Å². The Labute approximate surface area is 254 Å². The van der Waals surface area contributed by atoms with Gasteiger partial charge in [-0.25, -0.2) is 4.98 Å². The van der Waals surface area contributed by atoms with Gasteiger partial charge in [-0.05, 0) is 98.0 Å². The van der Waals surface area contributed by atoms with Gasteiger partial charge < -0.3 is 0 Å². The third-order valence-corrected chi connectivity index (χ3v) is 10.1. The summed E-state index contributed by atoms with van der Waals surface area (Å²) in [6.07, 6.45) is 7.88. The van der Waals surface area contributed by atoms with E-state index in [-0.39, 0.29) is 0 Å². The molecule has 0 saturated heterocycles. The van der Waals surface area contributed by atoms with E-state index in [0.29, 0.717) is 5.92 Å². The maximum atomic E-state index is 5.01. The Hall–Kier alpha value is -4.99. The standard InChI is InChI=1S/C40H28N2S/c1-25-15-18-30-32(22-25)38(27-12-6-3-7-13-27)33-23-28(16-19-31(33)37(30)26-10-4-2-5-11-26)29-17-20-35-34(24-29)39-40(43-35)42-21-9-8-14-36(42)41-39/h2-21,23-25H,22H2,1H3. The highest BCUT2D eigenvalue weighted by Crippen LogP contribution is 2.46. The second-order valence-corrected chi connectivity index (χ2v) is 12.7. The molecule has 0 bridgehead atoms. The molecule has 0 fully saturated rings. The maximum absolute atomic E-state index is 5.01. The number of imidazole rings is 1. The molecule has 1 aliphatic carbocycles. The molecule has 0 aliphatic heterocycles. The van der Waals surface area contributed by atoms with Crippen molar-refractivity contribution in [2.45, 2.75) is 13.3 Å². The highest BCUT2D eigenvalue weighted by atomic mass is 32.1. The zero-order chi connectivity index (χ0) is 28.5. The lowest BCUT2D eigenvalue weighted by Crippen LogP contribution is -2.08. The molecule has 1 aliphatic rings. The van der Waals surface area contributed by atoms with Crippen LogP contribution in [0.3, 0.4) is 0 Å². The molecule has 9 rings (SSSR count). The van der Waals surface area contributed by atoms with Gasteiger partial charge in [0.1, 0.15) is 16.0 Å². The molecule has 204 valence electrons. The summed E-state index contributed by atoms with van der Waals surface area (Å²) >= 11 is 1.81. The molecule has 3 heterocycles. The van der Waals surface area contributed by atoms with Gasteiger partial charge in [-0.2, -0.15) is 0 Å². The van der Waals surface area contributed by atoms with E-state index in [0.717, 1.165) is 17.6 Å². The van der Waals surface area contributed by atoms with Crippen LogP contribution in [0.4, 0.5) is 0 Å². The van der Waals surface area contributed by atoms with Crippen LogP contribution in [0.15, 0.2) is 128 Å². The Morgan fingerprint density at radius 3 is 2.16 bits per heavy atom. The molecule has 43 heavy (non-hydrogen) atoms. The highest BCUT2D eigenvalue weighted by Gasteiger charge is 2.24. The van der Waals surface area contributed by atoms with Gasteiger partial charge in [0.2, 0.25) is 0 Å².